The third-order valence-corrected chi connectivity index (χ3v) is 14.6. The second-order valence-corrected chi connectivity index (χ2v) is 19.6. The molecule has 1 saturated heterocycles. The fraction of sp³-hybridized carbons (Fsp3) is 0.256. The number of benzene rings is 5. The molecule has 0 aliphatic carbocycles. The zero-order valence-electron chi connectivity index (χ0n) is 32.8. The monoisotopic (exact) mass is 930 g/mol. The SMILES string of the molecule is O=C(O)NCC[C@H](CSc1ccccc1)Nc1ccc(S(=O)(=O)NC(=O)c2ccc(N3CCC([C@H](O)c4ccccc4-c4ccc(Cl)cc4)CC3)cc2)cc1S(=O)(=O)C(F)(F)F. The minimum absolute atomic E-state index is 0.0226. The number of thioether (sulfide) groups is 1. The van der Waals surface area contributed by atoms with Gasteiger partial charge in [-0.15, -0.1) is 11.8 Å². The van der Waals surface area contributed by atoms with Crippen LogP contribution in [0.2, 0.25) is 5.02 Å². The van der Waals surface area contributed by atoms with E-state index in [1.165, 1.54) is 23.9 Å². The first kappa shape index (κ1) is 46.2. The summed E-state index contributed by atoms with van der Waals surface area (Å²) < 4.78 is 96.4. The van der Waals surface area contributed by atoms with E-state index in [2.05, 4.69) is 15.5 Å². The van der Waals surface area contributed by atoms with Gasteiger partial charge in [0.25, 0.3) is 25.8 Å². The van der Waals surface area contributed by atoms with E-state index in [9.17, 15) is 44.7 Å². The highest BCUT2D eigenvalue weighted by Gasteiger charge is 2.48. The van der Waals surface area contributed by atoms with Crippen molar-refractivity contribution in [1.82, 2.24) is 10.0 Å². The number of halogens is 4. The molecular weight excluding hydrogens is 889 g/mol. The van der Waals surface area contributed by atoms with Crippen LogP contribution >= 0.6 is 23.4 Å². The Bertz CT molecular complexity index is 2580. The van der Waals surface area contributed by atoms with Gasteiger partial charge in [-0.3, -0.25) is 4.79 Å². The number of piperidine rings is 1. The molecule has 5 N–H and O–H groups in total. The number of rotatable bonds is 16. The summed E-state index contributed by atoms with van der Waals surface area (Å²) in [5, 5.41) is 26.0. The second kappa shape index (κ2) is 19.8. The first-order valence-electron chi connectivity index (χ1n) is 19.2. The molecule has 0 unspecified atom stereocenters. The molecule has 62 heavy (non-hydrogen) atoms. The number of carbonyl (C=O) groups excluding carboxylic acids is 1. The van der Waals surface area contributed by atoms with E-state index in [0.29, 0.717) is 37.0 Å². The van der Waals surface area contributed by atoms with Crippen molar-refractivity contribution in [3.8, 4) is 11.1 Å². The Morgan fingerprint density at radius 3 is 2.15 bits per heavy atom. The lowest BCUT2D eigenvalue weighted by molar-refractivity contribution is -0.0436. The van der Waals surface area contributed by atoms with Crippen molar-refractivity contribution in [2.45, 2.75) is 51.6 Å². The number of aliphatic hydroxyl groups is 1. The molecule has 12 nitrogen and oxygen atoms in total. The molecule has 1 aliphatic heterocycles. The topological polar surface area (TPSA) is 182 Å². The van der Waals surface area contributed by atoms with Crippen molar-refractivity contribution in [3.63, 3.8) is 0 Å². The van der Waals surface area contributed by atoms with Gasteiger partial charge in [0.15, 0.2) is 0 Å². The van der Waals surface area contributed by atoms with E-state index < -0.39 is 65.0 Å². The Morgan fingerprint density at radius 1 is 0.855 bits per heavy atom. The maximum Gasteiger partial charge on any atom is 0.501 e. The van der Waals surface area contributed by atoms with E-state index in [1.54, 1.807) is 54.6 Å². The zero-order chi connectivity index (χ0) is 44.7. The number of hydrogen-bond donors (Lipinski definition) is 5. The zero-order valence-corrected chi connectivity index (χ0v) is 36.0. The average molecular weight is 931 g/mol. The molecule has 2 atom stereocenters. The molecule has 1 fully saturated rings. The van der Waals surface area contributed by atoms with E-state index in [0.717, 1.165) is 39.4 Å². The van der Waals surface area contributed by atoms with Crippen molar-refractivity contribution in [2.75, 3.05) is 35.6 Å². The summed E-state index contributed by atoms with van der Waals surface area (Å²) in [4.78, 5) is 24.8. The highest BCUT2D eigenvalue weighted by atomic mass is 35.5. The van der Waals surface area contributed by atoms with E-state index in [4.69, 9.17) is 16.7 Å². The van der Waals surface area contributed by atoms with Crippen LogP contribution in [0.15, 0.2) is 136 Å². The van der Waals surface area contributed by atoms with Gasteiger partial charge >= 0.3 is 11.6 Å². The van der Waals surface area contributed by atoms with Crippen LogP contribution in [0.3, 0.4) is 0 Å². The van der Waals surface area contributed by atoms with E-state index in [1.807, 2.05) is 41.1 Å². The van der Waals surface area contributed by atoms with E-state index >= 15 is 0 Å². The number of nitrogens with zero attached hydrogens (tertiary/aromatic N) is 1. The molecule has 6 rings (SSSR count). The fourth-order valence-electron chi connectivity index (χ4n) is 7.06. The van der Waals surface area contributed by atoms with Crippen LogP contribution in [0.5, 0.6) is 0 Å². The summed E-state index contributed by atoms with van der Waals surface area (Å²) >= 11 is 7.36. The van der Waals surface area contributed by atoms with Crippen LogP contribution < -0.4 is 20.3 Å². The van der Waals surface area contributed by atoms with Crippen molar-refractivity contribution >= 4 is 66.6 Å². The summed E-state index contributed by atoms with van der Waals surface area (Å²) in [5.41, 5.74) is -3.08. The summed E-state index contributed by atoms with van der Waals surface area (Å²) in [6.07, 6.45) is -0.718. The molecule has 0 saturated carbocycles. The largest absolute Gasteiger partial charge is 0.501 e. The number of carboxylic acid groups (broad SMARTS) is 1. The highest BCUT2D eigenvalue weighted by molar-refractivity contribution is 7.99. The predicted molar refractivity (Wildman–Crippen MR) is 233 cm³/mol. The molecule has 0 radical (unpaired) electrons. The molecule has 19 heteroatoms. The normalized spacial score (nSPS) is 14.8. The van der Waals surface area contributed by atoms with Crippen LogP contribution in [0.1, 0.15) is 41.3 Å². The number of anilines is 2. The lowest BCUT2D eigenvalue weighted by Gasteiger charge is -2.36. The maximum absolute atomic E-state index is 14.0. The molecule has 5 aromatic rings. The maximum atomic E-state index is 14.0. The van der Waals surface area contributed by atoms with Gasteiger partial charge in [-0.25, -0.2) is 26.4 Å². The Morgan fingerprint density at radius 2 is 1.50 bits per heavy atom. The van der Waals surface area contributed by atoms with E-state index in [-0.39, 0.29) is 30.2 Å². The number of sulfonamides is 1. The Hall–Kier alpha value is -5.27. The van der Waals surface area contributed by atoms with Gasteiger partial charge in [-0.1, -0.05) is 66.2 Å². The lowest BCUT2D eigenvalue weighted by Crippen LogP contribution is -2.36. The third-order valence-electron chi connectivity index (χ3n) is 10.3. The number of sulfone groups is 1. The van der Waals surface area contributed by atoms with Crippen LogP contribution in [0.25, 0.3) is 11.1 Å². The van der Waals surface area contributed by atoms with Gasteiger partial charge in [0.2, 0.25) is 0 Å². The summed E-state index contributed by atoms with van der Waals surface area (Å²) in [5.74, 6) is -0.981. The van der Waals surface area contributed by atoms with Crippen LogP contribution in [0.4, 0.5) is 29.3 Å². The van der Waals surface area contributed by atoms with Gasteiger partial charge in [-0.05, 0) is 109 Å². The van der Waals surface area contributed by atoms with Crippen molar-refractivity contribution in [2.24, 2.45) is 5.92 Å². The summed E-state index contributed by atoms with van der Waals surface area (Å²) in [6, 6.07) is 31.3. The molecule has 5 aromatic carbocycles. The minimum Gasteiger partial charge on any atom is -0.465 e. The number of carbonyl (C=O) groups is 2. The van der Waals surface area contributed by atoms with Crippen molar-refractivity contribution < 1.29 is 49.8 Å². The quantitative estimate of drug-likeness (QED) is 0.0598. The molecule has 1 heterocycles. The molecule has 0 spiro atoms. The molecule has 1 aliphatic rings. The predicted octanol–water partition coefficient (Wildman–Crippen LogP) is 8.60. The minimum atomic E-state index is -6.15. The van der Waals surface area contributed by atoms with Gasteiger partial charge in [0.1, 0.15) is 4.90 Å². The molecule has 0 bridgehead atoms. The smallest absolute Gasteiger partial charge is 0.465 e. The average Bonchev–Trinajstić information content (AvgIpc) is 3.25. The van der Waals surface area contributed by atoms with Gasteiger partial charge in [0.05, 0.1) is 16.7 Å². The third kappa shape index (κ3) is 11.4. The Balaban J connectivity index is 1.13. The van der Waals surface area contributed by atoms with Gasteiger partial charge in [-0.2, -0.15) is 13.2 Å². The Labute approximate surface area is 366 Å². The standard InChI is InChI=1S/C43H42ClF3N4O8S3/c44-31-14-10-28(11-15-31)36-8-4-5-9-37(36)40(52)29-21-24-51(25-22-29)33-16-12-30(13-17-33)41(53)50-62(58,59)35-18-19-38(39(26-35)61(56,57)43(45,46)47)49-32(20-23-48-42(54)55)27-60-34-6-2-1-3-7-34/h1-19,26,29,32,40,48-49,52H,20-25,27H2,(H,50,53)(H,54,55)/t32-,40+/m1/s1. The highest BCUT2D eigenvalue weighted by Crippen LogP contribution is 2.39. The number of nitrogens with one attached hydrogen (secondary N) is 3. The number of alkyl halides is 3. The van der Waals surface area contributed by atoms with Crippen molar-refractivity contribution in [1.29, 1.82) is 0 Å². The number of aliphatic hydroxyl groups excluding tert-OH is 1. The number of hydrogen-bond acceptors (Lipinski definition) is 10. The first-order valence-corrected chi connectivity index (χ1v) is 23.6. The van der Waals surface area contributed by atoms with Gasteiger partial charge in [0, 0.05) is 52.6 Å². The van der Waals surface area contributed by atoms with Crippen LogP contribution in [0, 0.1) is 5.92 Å². The summed E-state index contributed by atoms with van der Waals surface area (Å²) in [7, 11) is -11.1. The first-order chi connectivity index (χ1) is 29.4. The van der Waals surface area contributed by atoms with Crippen LogP contribution in [-0.4, -0.2) is 76.0 Å². The van der Waals surface area contributed by atoms with Crippen molar-refractivity contribution in [3.05, 3.63) is 137 Å². The summed E-state index contributed by atoms with van der Waals surface area (Å²) in [6.45, 7) is 1.04. The fourth-order valence-corrected chi connectivity index (χ4v) is 10.2. The lowest BCUT2D eigenvalue weighted by atomic mass is 9.84. The molecular formula is C43H42ClF3N4O8S3. The number of amides is 2. The molecule has 0 aromatic heterocycles. The Kier molecular flexibility index (Phi) is 14.8. The molecule has 2 amide bonds. The van der Waals surface area contributed by atoms with Crippen LogP contribution in [-0.2, 0) is 19.9 Å². The van der Waals surface area contributed by atoms with Gasteiger partial charge < -0.3 is 25.7 Å². The molecule has 328 valence electrons. The second-order valence-electron chi connectivity index (χ2n) is 14.4.